The number of carbonyl (C=O) groups excluding carboxylic acids is 1. The fourth-order valence-electron chi connectivity index (χ4n) is 1.47. The molecule has 2 rings (SSSR count). The third kappa shape index (κ3) is 2.79. The van der Waals surface area contributed by atoms with E-state index in [0.717, 1.165) is 3.57 Å². The number of nitrogens with one attached hydrogen (secondary N) is 1. The number of anilines is 2. The lowest BCUT2D eigenvalue weighted by Gasteiger charge is -2.08. The van der Waals surface area contributed by atoms with E-state index in [9.17, 15) is 9.18 Å². The number of benzene rings is 2. The molecule has 92 valence electrons. The first kappa shape index (κ1) is 12.8. The van der Waals surface area contributed by atoms with Gasteiger partial charge in [0.05, 0.1) is 11.3 Å². The molecule has 2 aromatic rings. The Kier molecular flexibility index (Phi) is 3.81. The lowest BCUT2D eigenvalue weighted by Crippen LogP contribution is -2.14. The van der Waals surface area contributed by atoms with Crippen LogP contribution in [0.25, 0.3) is 0 Å². The van der Waals surface area contributed by atoms with E-state index in [1.807, 2.05) is 12.1 Å². The van der Waals surface area contributed by atoms with Crippen LogP contribution in [0.5, 0.6) is 0 Å². The lowest BCUT2D eigenvalue weighted by molar-refractivity contribution is 0.102. The zero-order valence-corrected chi connectivity index (χ0v) is 11.4. The van der Waals surface area contributed by atoms with Crippen LogP contribution in [0.3, 0.4) is 0 Å². The van der Waals surface area contributed by atoms with Crippen LogP contribution in [-0.2, 0) is 0 Å². The molecule has 0 aliphatic heterocycles. The largest absolute Gasteiger partial charge is 0.399 e. The van der Waals surface area contributed by atoms with Gasteiger partial charge in [0.2, 0.25) is 0 Å². The van der Waals surface area contributed by atoms with Gasteiger partial charge >= 0.3 is 0 Å². The maximum Gasteiger partial charge on any atom is 0.256 e. The smallest absolute Gasteiger partial charge is 0.256 e. The predicted molar refractivity (Wildman–Crippen MR) is 77.9 cm³/mol. The quantitative estimate of drug-likeness (QED) is 0.641. The lowest BCUT2D eigenvalue weighted by atomic mass is 10.2. The molecule has 0 heterocycles. The van der Waals surface area contributed by atoms with Crippen molar-refractivity contribution in [2.45, 2.75) is 0 Å². The van der Waals surface area contributed by atoms with Crippen LogP contribution in [0.15, 0.2) is 42.5 Å². The molecule has 0 aromatic heterocycles. The maximum atomic E-state index is 13.5. The zero-order chi connectivity index (χ0) is 13.1. The van der Waals surface area contributed by atoms with E-state index in [1.54, 1.807) is 12.1 Å². The Labute approximate surface area is 117 Å². The van der Waals surface area contributed by atoms with E-state index in [4.69, 9.17) is 5.73 Å². The van der Waals surface area contributed by atoms with Gasteiger partial charge in [-0.1, -0.05) is 12.1 Å². The minimum atomic E-state index is -0.511. The molecule has 5 heteroatoms. The van der Waals surface area contributed by atoms with Crippen LogP contribution in [0.2, 0.25) is 0 Å². The van der Waals surface area contributed by atoms with Crippen LogP contribution >= 0.6 is 22.6 Å². The highest BCUT2D eigenvalue weighted by Crippen LogP contribution is 2.19. The molecule has 0 aliphatic rings. The highest BCUT2D eigenvalue weighted by molar-refractivity contribution is 14.1. The first-order chi connectivity index (χ1) is 8.58. The monoisotopic (exact) mass is 356 g/mol. The average Bonchev–Trinajstić information content (AvgIpc) is 2.34. The van der Waals surface area contributed by atoms with Gasteiger partial charge in [0.1, 0.15) is 5.82 Å². The van der Waals surface area contributed by atoms with Gasteiger partial charge in [-0.15, -0.1) is 0 Å². The summed E-state index contributed by atoms with van der Waals surface area (Å²) in [6.07, 6.45) is 0. The number of hydrogen-bond donors (Lipinski definition) is 2. The molecule has 0 fully saturated rings. The van der Waals surface area contributed by atoms with Crippen LogP contribution in [0.1, 0.15) is 10.4 Å². The minimum Gasteiger partial charge on any atom is -0.399 e. The number of amides is 1. The van der Waals surface area contributed by atoms with Crippen LogP contribution < -0.4 is 11.1 Å². The number of nitrogen functional groups attached to an aromatic ring is 1. The summed E-state index contributed by atoms with van der Waals surface area (Å²) in [5, 5.41) is 2.51. The molecule has 0 saturated heterocycles. The molecule has 0 saturated carbocycles. The summed E-state index contributed by atoms with van der Waals surface area (Å²) in [6, 6.07) is 11.1. The van der Waals surface area contributed by atoms with E-state index < -0.39 is 5.82 Å². The van der Waals surface area contributed by atoms with E-state index in [1.165, 1.54) is 18.2 Å². The molecular formula is C13H10FIN2O. The maximum absolute atomic E-state index is 13.5. The van der Waals surface area contributed by atoms with Crippen molar-refractivity contribution >= 4 is 39.9 Å². The van der Waals surface area contributed by atoms with Gasteiger partial charge in [-0.25, -0.2) is 4.39 Å². The third-order valence-corrected chi connectivity index (χ3v) is 3.30. The fourth-order valence-corrected chi connectivity index (χ4v) is 2.11. The van der Waals surface area contributed by atoms with E-state index in [0.29, 0.717) is 11.3 Å². The van der Waals surface area contributed by atoms with E-state index in [2.05, 4.69) is 27.9 Å². The van der Waals surface area contributed by atoms with Gasteiger partial charge in [0.25, 0.3) is 5.91 Å². The Morgan fingerprint density at radius 1 is 1.22 bits per heavy atom. The second kappa shape index (κ2) is 5.34. The molecule has 0 unspecified atom stereocenters. The minimum absolute atomic E-state index is 0.0830. The van der Waals surface area contributed by atoms with Gasteiger partial charge in [-0.05, 0) is 52.9 Å². The number of carbonyl (C=O) groups is 1. The Morgan fingerprint density at radius 3 is 2.67 bits per heavy atom. The second-order valence-electron chi connectivity index (χ2n) is 3.67. The zero-order valence-electron chi connectivity index (χ0n) is 9.28. The molecule has 18 heavy (non-hydrogen) atoms. The first-order valence-electron chi connectivity index (χ1n) is 5.19. The number of nitrogens with two attached hydrogens (primary N) is 1. The standard InChI is InChI=1S/C13H10FIN2O/c14-10-6-5-8(16)7-12(10)17-13(18)9-3-1-2-4-11(9)15/h1-7H,16H2,(H,17,18). The fraction of sp³-hybridized carbons (Fsp3) is 0. The van der Waals surface area contributed by atoms with Crippen molar-refractivity contribution in [2.24, 2.45) is 0 Å². The molecule has 0 radical (unpaired) electrons. The number of halogens is 2. The van der Waals surface area contributed by atoms with Gasteiger partial charge in [0.15, 0.2) is 0 Å². The molecule has 1 amide bonds. The van der Waals surface area contributed by atoms with Crippen LogP contribution in [0.4, 0.5) is 15.8 Å². The summed E-state index contributed by atoms with van der Waals surface area (Å²) >= 11 is 2.05. The Morgan fingerprint density at radius 2 is 1.94 bits per heavy atom. The van der Waals surface area contributed by atoms with Crippen molar-refractivity contribution in [3.8, 4) is 0 Å². The van der Waals surface area contributed by atoms with Crippen LogP contribution in [0, 0.1) is 9.39 Å². The molecule has 3 nitrogen and oxygen atoms in total. The van der Waals surface area contributed by atoms with Crippen LogP contribution in [-0.4, -0.2) is 5.91 Å². The third-order valence-electron chi connectivity index (χ3n) is 2.36. The predicted octanol–water partition coefficient (Wildman–Crippen LogP) is 3.26. The second-order valence-corrected chi connectivity index (χ2v) is 4.84. The Hall–Kier alpha value is -1.63. The van der Waals surface area contributed by atoms with E-state index >= 15 is 0 Å². The summed E-state index contributed by atoms with van der Waals surface area (Å²) < 4.78 is 14.3. The van der Waals surface area contributed by atoms with Crippen molar-refractivity contribution < 1.29 is 9.18 Å². The van der Waals surface area contributed by atoms with Crippen molar-refractivity contribution in [1.82, 2.24) is 0 Å². The highest BCUT2D eigenvalue weighted by atomic mass is 127. The summed E-state index contributed by atoms with van der Waals surface area (Å²) in [5.41, 5.74) is 6.53. The molecule has 3 N–H and O–H groups in total. The summed E-state index contributed by atoms with van der Waals surface area (Å²) in [4.78, 5) is 12.0. The van der Waals surface area contributed by atoms with Gasteiger partial charge < -0.3 is 11.1 Å². The SMILES string of the molecule is Nc1ccc(F)c(NC(=O)c2ccccc2I)c1. The molecule has 0 aliphatic carbocycles. The average molecular weight is 356 g/mol. The van der Waals surface area contributed by atoms with Gasteiger partial charge in [-0.2, -0.15) is 0 Å². The summed E-state index contributed by atoms with van der Waals surface area (Å²) in [6.45, 7) is 0. The van der Waals surface area contributed by atoms with Crippen molar-refractivity contribution in [3.63, 3.8) is 0 Å². The number of rotatable bonds is 2. The van der Waals surface area contributed by atoms with E-state index in [-0.39, 0.29) is 11.6 Å². The van der Waals surface area contributed by atoms with Gasteiger partial charge in [0, 0.05) is 9.26 Å². The summed E-state index contributed by atoms with van der Waals surface area (Å²) in [5.74, 6) is -0.868. The molecule has 0 atom stereocenters. The molecular weight excluding hydrogens is 346 g/mol. The molecule has 2 aromatic carbocycles. The van der Waals surface area contributed by atoms with Crippen molar-refractivity contribution in [3.05, 3.63) is 57.4 Å². The molecule has 0 bridgehead atoms. The number of hydrogen-bond acceptors (Lipinski definition) is 2. The first-order valence-corrected chi connectivity index (χ1v) is 6.26. The normalized spacial score (nSPS) is 10.1. The van der Waals surface area contributed by atoms with Crippen molar-refractivity contribution in [1.29, 1.82) is 0 Å². The van der Waals surface area contributed by atoms with Crippen molar-refractivity contribution in [2.75, 3.05) is 11.1 Å². The molecule has 0 spiro atoms. The topological polar surface area (TPSA) is 55.1 Å². The van der Waals surface area contributed by atoms with Gasteiger partial charge in [-0.3, -0.25) is 4.79 Å². The Bertz CT molecular complexity index is 601. The highest BCUT2D eigenvalue weighted by Gasteiger charge is 2.11. The Balaban J connectivity index is 2.27. The summed E-state index contributed by atoms with van der Waals surface area (Å²) in [7, 11) is 0.